The molecule has 1 aliphatic heterocycles. The van der Waals surface area contributed by atoms with Gasteiger partial charge in [0.15, 0.2) is 0 Å². The van der Waals surface area contributed by atoms with Gasteiger partial charge in [0, 0.05) is 11.3 Å². The van der Waals surface area contributed by atoms with Gasteiger partial charge in [0.2, 0.25) is 6.54 Å². The van der Waals surface area contributed by atoms with Crippen molar-refractivity contribution in [3.63, 3.8) is 0 Å². The van der Waals surface area contributed by atoms with Crippen molar-refractivity contribution >= 4 is 12.9 Å². The van der Waals surface area contributed by atoms with Crippen LogP contribution in [0, 0.1) is 10.1 Å². The van der Waals surface area contributed by atoms with Crippen molar-refractivity contribution in [2.75, 3.05) is 19.8 Å². The first-order valence-corrected chi connectivity index (χ1v) is 8.33. The normalized spacial score (nSPS) is 15.4. The second-order valence-corrected chi connectivity index (χ2v) is 5.88. The van der Waals surface area contributed by atoms with Gasteiger partial charge in [-0.05, 0) is 22.7 Å². The summed E-state index contributed by atoms with van der Waals surface area (Å²) in [5.41, 5.74) is 2.92. The third kappa shape index (κ3) is 4.81. The van der Waals surface area contributed by atoms with Crippen LogP contribution in [0.4, 0.5) is 0 Å². The standard InChI is InChI=1S/C18H20BNO5/c21-20(22)12-17-15-8-4-9-16(18(15)19-25-17)24-11-5-10-23-13-14-6-2-1-3-7-14/h1-4,6-9,17,19H,5,10-13H2. The SMILES string of the molecule is O=[N+]([O-])CC1OBc2c(OCCCOCc3ccccc3)cccc21. The lowest BCUT2D eigenvalue weighted by Crippen LogP contribution is -2.17. The average Bonchev–Trinajstić information content (AvgIpc) is 3.02. The Balaban J connectivity index is 1.43. The van der Waals surface area contributed by atoms with Crippen LogP contribution in [0.25, 0.3) is 0 Å². The number of rotatable bonds is 9. The van der Waals surface area contributed by atoms with E-state index in [2.05, 4.69) is 0 Å². The lowest BCUT2D eigenvalue weighted by Gasteiger charge is -2.11. The zero-order chi connectivity index (χ0) is 17.5. The van der Waals surface area contributed by atoms with E-state index in [1.807, 2.05) is 48.5 Å². The largest absolute Gasteiger partial charge is 0.494 e. The lowest BCUT2D eigenvalue weighted by atomic mass is 9.85. The van der Waals surface area contributed by atoms with E-state index in [0.717, 1.165) is 28.8 Å². The van der Waals surface area contributed by atoms with Crippen molar-refractivity contribution in [1.29, 1.82) is 0 Å². The number of hydrogen-bond donors (Lipinski definition) is 0. The molecule has 7 heteroatoms. The fraction of sp³-hybridized carbons (Fsp3) is 0.333. The minimum atomic E-state index is -0.484. The molecule has 1 unspecified atom stereocenters. The molecule has 1 heterocycles. The molecule has 130 valence electrons. The fourth-order valence-corrected chi connectivity index (χ4v) is 2.84. The van der Waals surface area contributed by atoms with Gasteiger partial charge in [-0.15, -0.1) is 0 Å². The molecule has 0 aliphatic carbocycles. The van der Waals surface area contributed by atoms with Crippen LogP contribution < -0.4 is 10.2 Å². The first-order valence-electron chi connectivity index (χ1n) is 8.33. The minimum absolute atomic E-state index is 0.218. The summed E-state index contributed by atoms with van der Waals surface area (Å²) in [6, 6.07) is 15.6. The fourth-order valence-electron chi connectivity index (χ4n) is 2.84. The van der Waals surface area contributed by atoms with Crippen molar-refractivity contribution in [3.05, 3.63) is 69.8 Å². The van der Waals surface area contributed by atoms with Crippen molar-refractivity contribution in [3.8, 4) is 5.75 Å². The van der Waals surface area contributed by atoms with E-state index in [4.69, 9.17) is 14.1 Å². The summed E-state index contributed by atoms with van der Waals surface area (Å²) < 4.78 is 17.0. The van der Waals surface area contributed by atoms with Gasteiger partial charge in [0.1, 0.15) is 11.9 Å². The topological polar surface area (TPSA) is 70.8 Å². The molecule has 0 N–H and O–H groups in total. The molecule has 3 rings (SSSR count). The van der Waals surface area contributed by atoms with Gasteiger partial charge >= 0.3 is 7.48 Å². The van der Waals surface area contributed by atoms with Crippen LogP contribution in [-0.4, -0.2) is 32.2 Å². The Morgan fingerprint density at radius 2 is 1.96 bits per heavy atom. The van der Waals surface area contributed by atoms with Crippen molar-refractivity contribution in [2.45, 2.75) is 19.1 Å². The first kappa shape index (κ1) is 17.4. The highest BCUT2D eigenvalue weighted by Crippen LogP contribution is 2.25. The van der Waals surface area contributed by atoms with E-state index in [0.29, 0.717) is 27.3 Å². The third-order valence-corrected chi connectivity index (χ3v) is 4.06. The molecule has 1 aliphatic rings. The van der Waals surface area contributed by atoms with Crippen LogP contribution in [0.2, 0.25) is 0 Å². The zero-order valence-electron chi connectivity index (χ0n) is 13.9. The molecule has 0 fully saturated rings. The van der Waals surface area contributed by atoms with Crippen molar-refractivity contribution in [1.82, 2.24) is 0 Å². The van der Waals surface area contributed by atoms with Gasteiger partial charge in [-0.2, -0.15) is 0 Å². The van der Waals surface area contributed by atoms with Crippen LogP contribution in [0.15, 0.2) is 48.5 Å². The molecule has 2 aromatic rings. The monoisotopic (exact) mass is 341 g/mol. The molecule has 0 aromatic heterocycles. The van der Waals surface area contributed by atoms with Crippen LogP contribution in [0.1, 0.15) is 23.7 Å². The average molecular weight is 341 g/mol. The zero-order valence-corrected chi connectivity index (χ0v) is 13.9. The van der Waals surface area contributed by atoms with E-state index in [1.165, 1.54) is 0 Å². The minimum Gasteiger partial charge on any atom is -0.494 e. The van der Waals surface area contributed by atoms with Crippen LogP contribution in [0.5, 0.6) is 5.75 Å². The number of nitrogens with zero attached hydrogens (tertiary/aromatic N) is 1. The number of fused-ring (bicyclic) bond motifs is 1. The number of hydrogen-bond acceptors (Lipinski definition) is 5. The van der Waals surface area contributed by atoms with E-state index in [9.17, 15) is 10.1 Å². The van der Waals surface area contributed by atoms with E-state index in [-0.39, 0.29) is 11.5 Å². The molecule has 0 bridgehead atoms. The Labute approximate surface area is 147 Å². The summed E-state index contributed by atoms with van der Waals surface area (Å²) in [5.74, 6) is 0.742. The molecule has 0 saturated carbocycles. The molecule has 0 amide bonds. The predicted molar refractivity (Wildman–Crippen MR) is 95.1 cm³/mol. The molecule has 0 spiro atoms. The Hall–Kier alpha value is -2.38. The molecule has 6 nitrogen and oxygen atoms in total. The van der Waals surface area contributed by atoms with Gasteiger partial charge in [-0.1, -0.05) is 42.5 Å². The Morgan fingerprint density at radius 1 is 1.12 bits per heavy atom. The molecule has 0 radical (unpaired) electrons. The smallest absolute Gasteiger partial charge is 0.313 e. The van der Waals surface area contributed by atoms with E-state index >= 15 is 0 Å². The van der Waals surface area contributed by atoms with Crippen LogP contribution in [-0.2, 0) is 16.0 Å². The highest BCUT2D eigenvalue weighted by atomic mass is 16.6. The maximum atomic E-state index is 10.7. The highest BCUT2D eigenvalue weighted by Gasteiger charge is 2.30. The van der Waals surface area contributed by atoms with Gasteiger partial charge in [-0.25, -0.2) is 0 Å². The number of benzene rings is 2. The third-order valence-electron chi connectivity index (χ3n) is 4.06. The summed E-state index contributed by atoms with van der Waals surface area (Å²) in [4.78, 5) is 10.4. The Kier molecular flexibility index (Phi) is 6.03. The van der Waals surface area contributed by atoms with Gasteiger partial charge < -0.3 is 14.1 Å². The number of nitro groups is 1. The van der Waals surface area contributed by atoms with Gasteiger partial charge in [0.25, 0.3) is 0 Å². The van der Waals surface area contributed by atoms with Crippen molar-refractivity contribution < 1.29 is 19.1 Å². The van der Waals surface area contributed by atoms with Crippen LogP contribution >= 0.6 is 0 Å². The maximum absolute atomic E-state index is 10.7. The molecular weight excluding hydrogens is 321 g/mol. The van der Waals surface area contributed by atoms with Gasteiger partial charge in [-0.3, -0.25) is 10.1 Å². The van der Waals surface area contributed by atoms with Crippen LogP contribution in [0.3, 0.4) is 0 Å². The van der Waals surface area contributed by atoms with Gasteiger partial charge in [0.05, 0.1) is 19.8 Å². The maximum Gasteiger partial charge on any atom is 0.313 e. The summed E-state index contributed by atoms with van der Waals surface area (Å²) >= 11 is 0. The lowest BCUT2D eigenvalue weighted by molar-refractivity contribution is -0.489. The quantitative estimate of drug-likeness (QED) is 0.302. The summed E-state index contributed by atoms with van der Waals surface area (Å²) in [6.45, 7) is 1.53. The molecule has 2 aromatic carbocycles. The molecule has 0 saturated heterocycles. The Bertz CT molecular complexity index is 710. The molecule has 25 heavy (non-hydrogen) atoms. The predicted octanol–water partition coefficient (Wildman–Crippen LogP) is 2.00. The number of ether oxygens (including phenoxy) is 2. The van der Waals surface area contributed by atoms with Crippen molar-refractivity contribution in [2.24, 2.45) is 0 Å². The van der Waals surface area contributed by atoms with E-state index < -0.39 is 6.10 Å². The summed E-state index contributed by atoms with van der Waals surface area (Å²) in [7, 11) is 0.356. The first-order chi connectivity index (χ1) is 12.2. The second kappa shape index (κ2) is 8.64. The molecular formula is C18H20BNO5. The summed E-state index contributed by atoms with van der Waals surface area (Å²) in [6.07, 6.45) is 0.290. The second-order valence-electron chi connectivity index (χ2n) is 5.88. The highest BCUT2D eigenvalue weighted by molar-refractivity contribution is 6.50. The summed E-state index contributed by atoms with van der Waals surface area (Å²) in [5, 5.41) is 10.7. The van der Waals surface area contributed by atoms with E-state index in [1.54, 1.807) is 0 Å². The molecule has 1 atom stereocenters. The Morgan fingerprint density at radius 3 is 2.76 bits per heavy atom.